The number of benzene rings is 2. The number of nitrogens with one attached hydrogen (secondary N) is 2. The zero-order chi connectivity index (χ0) is 18.5. The van der Waals surface area contributed by atoms with Crippen LogP contribution in [0.5, 0.6) is 0 Å². The third kappa shape index (κ3) is 4.23. The van der Waals surface area contributed by atoms with Crippen molar-refractivity contribution in [1.29, 1.82) is 0 Å². The molecular formula is C19H19N3O3S. The Kier molecular flexibility index (Phi) is 5.58. The molecule has 1 heterocycles. The molecular weight excluding hydrogens is 350 g/mol. The van der Waals surface area contributed by atoms with Crippen LogP contribution in [-0.4, -0.2) is 34.7 Å². The first-order valence-electron chi connectivity index (χ1n) is 8.11. The van der Waals surface area contributed by atoms with Crippen molar-refractivity contribution >= 4 is 40.4 Å². The summed E-state index contributed by atoms with van der Waals surface area (Å²) in [7, 11) is 1.32. The number of thioether (sulfide) groups is 1. The second-order valence-electron chi connectivity index (χ2n) is 5.71. The number of fused-ring (bicyclic) bond motifs is 1. The number of nitrogens with zero attached hydrogens (tertiary/aromatic N) is 1. The van der Waals surface area contributed by atoms with Crippen LogP contribution < -0.4 is 5.32 Å². The van der Waals surface area contributed by atoms with Crippen molar-refractivity contribution in [2.24, 2.45) is 0 Å². The van der Waals surface area contributed by atoms with Gasteiger partial charge in [0.15, 0.2) is 0 Å². The van der Waals surface area contributed by atoms with Crippen molar-refractivity contribution in [3.8, 4) is 0 Å². The molecule has 1 amide bonds. The highest BCUT2D eigenvalue weighted by molar-refractivity contribution is 8.00. The zero-order valence-corrected chi connectivity index (χ0v) is 15.3. The van der Waals surface area contributed by atoms with Gasteiger partial charge in [0.1, 0.15) is 5.82 Å². The lowest BCUT2D eigenvalue weighted by Crippen LogP contribution is -2.15. The van der Waals surface area contributed by atoms with E-state index in [0.717, 1.165) is 16.9 Å². The highest BCUT2D eigenvalue weighted by atomic mass is 32.2. The Bertz CT molecular complexity index is 905. The molecule has 0 saturated carbocycles. The fourth-order valence-corrected chi connectivity index (χ4v) is 3.23. The molecule has 26 heavy (non-hydrogen) atoms. The number of imidazole rings is 1. The molecule has 0 unspecified atom stereocenters. The van der Waals surface area contributed by atoms with E-state index in [0.29, 0.717) is 11.3 Å². The summed E-state index contributed by atoms with van der Waals surface area (Å²) >= 11 is 1.49. The Labute approximate surface area is 155 Å². The SMILES string of the molecule is COC(=O)c1cccc(NC(=O)CS[C@H](C)c2nc3ccccc3[nH]2)c1. The van der Waals surface area contributed by atoms with Crippen LogP contribution in [0.1, 0.15) is 28.4 Å². The molecule has 3 rings (SSSR count). The van der Waals surface area contributed by atoms with Gasteiger partial charge in [-0.2, -0.15) is 0 Å². The fraction of sp³-hybridized carbons (Fsp3) is 0.211. The van der Waals surface area contributed by atoms with E-state index < -0.39 is 5.97 Å². The molecule has 0 aliphatic heterocycles. The predicted molar refractivity (Wildman–Crippen MR) is 103 cm³/mol. The van der Waals surface area contributed by atoms with Gasteiger partial charge in [-0.15, -0.1) is 11.8 Å². The van der Waals surface area contributed by atoms with Gasteiger partial charge in [-0.25, -0.2) is 9.78 Å². The van der Waals surface area contributed by atoms with Gasteiger partial charge < -0.3 is 15.0 Å². The van der Waals surface area contributed by atoms with E-state index in [-0.39, 0.29) is 16.9 Å². The van der Waals surface area contributed by atoms with Crippen molar-refractivity contribution in [3.05, 3.63) is 59.9 Å². The highest BCUT2D eigenvalue weighted by Gasteiger charge is 2.14. The van der Waals surface area contributed by atoms with Crippen LogP contribution in [-0.2, 0) is 9.53 Å². The van der Waals surface area contributed by atoms with Crippen LogP contribution in [0.15, 0.2) is 48.5 Å². The number of aromatic amines is 1. The van der Waals surface area contributed by atoms with E-state index >= 15 is 0 Å². The lowest BCUT2D eigenvalue weighted by atomic mass is 10.2. The number of methoxy groups -OCH3 is 1. The lowest BCUT2D eigenvalue weighted by molar-refractivity contribution is -0.113. The summed E-state index contributed by atoms with van der Waals surface area (Å²) in [5.74, 6) is 0.548. The van der Waals surface area contributed by atoms with Crippen LogP contribution >= 0.6 is 11.8 Å². The van der Waals surface area contributed by atoms with Gasteiger partial charge in [0.05, 0.1) is 34.7 Å². The smallest absolute Gasteiger partial charge is 0.337 e. The normalized spacial score (nSPS) is 11.9. The second kappa shape index (κ2) is 8.05. The topological polar surface area (TPSA) is 84.1 Å². The molecule has 2 aromatic carbocycles. The Morgan fingerprint density at radius 3 is 2.81 bits per heavy atom. The molecule has 7 heteroatoms. The van der Waals surface area contributed by atoms with Gasteiger partial charge in [0, 0.05) is 5.69 Å². The maximum Gasteiger partial charge on any atom is 0.337 e. The molecule has 1 aromatic heterocycles. The van der Waals surface area contributed by atoms with Crippen molar-refractivity contribution < 1.29 is 14.3 Å². The molecule has 0 aliphatic rings. The Morgan fingerprint density at radius 1 is 1.23 bits per heavy atom. The minimum atomic E-state index is -0.436. The van der Waals surface area contributed by atoms with Crippen LogP contribution in [0.2, 0.25) is 0 Å². The van der Waals surface area contributed by atoms with E-state index in [2.05, 4.69) is 20.0 Å². The zero-order valence-electron chi connectivity index (χ0n) is 14.5. The maximum absolute atomic E-state index is 12.2. The lowest BCUT2D eigenvalue weighted by Gasteiger charge is -2.09. The monoisotopic (exact) mass is 369 g/mol. The summed E-state index contributed by atoms with van der Waals surface area (Å²) in [6, 6.07) is 14.5. The quantitative estimate of drug-likeness (QED) is 0.646. The molecule has 0 fully saturated rings. The molecule has 1 atom stereocenters. The van der Waals surface area contributed by atoms with Crippen LogP contribution in [0.3, 0.4) is 0 Å². The van der Waals surface area contributed by atoms with Crippen molar-refractivity contribution in [2.45, 2.75) is 12.2 Å². The number of aromatic nitrogens is 2. The second-order valence-corrected chi connectivity index (χ2v) is 7.04. The fourth-order valence-electron chi connectivity index (χ4n) is 2.48. The minimum Gasteiger partial charge on any atom is -0.465 e. The first-order valence-corrected chi connectivity index (χ1v) is 9.16. The molecule has 0 saturated heterocycles. The summed E-state index contributed by atoms with van der Waals surface area (Å²) in [5.41, 5.74) is 2.86. The van der Waals surface area contributed by atoms with Gasteiger partial charge >= 0.3 is 5.97 Å². The van der Waals surface area contributed by atoms with E-state index in [1.807, 2.05) is 31.2 Å². The number of carbonyl (C=O) groups is 2. The standard InChI is InChI=1S/C19H19N3O3S/c1-12(18-21-15-8-3-4-9-16(15)22-18)26-11-17(23)20-14-7-5-6-13(10-14)19(24)25-2/h3-10,12H,11H2,1-2H3,(H,20,23)(H,21,22)/t12-/m1/s1. The van der Waals surface area contributed by atoms with Crippen molar-refractivity contribution in [1.82, 2.24) is 9.97 Å². The summed E-state index contributed by atoms with van der Waals surface area (Å²) in [6.45, 7) is 2.01. The summed E-state index contributed by atoms with van der Waals surface area (Å²) in [6.07, 6.45) is 0. The average Bonchev–Trinajstić information content (AvgIpc) is 3.10. The molecule has 0 bridgehead atoms. The molecule has 0 spiro atoms. The molecule has 0 radical (unpaired) electrons. The Balaban J connectivity index is 1.57. The summed E-state index contributed by atoms with van der Waals surface area (Å²) in [4.78, 5) is 31.6. The van der Waals surface area contributed by atoms with Gasteiger partial charge in [0.25, 0.3) is 0 Å². The molecule has 0 aliphatic carbocycles. The largest absolute Gasteiger partial charge is 0.465 e. The molecule has 2 N–H and O–H groups in total. The number of esters is 1. The summed E-state index contributed by atoms with van der Waals surface area (Å²) < 4.78 is 4.68. The number of H-pyrrole nitrogens is 1. The van der Waals surface area contributed by atoms with Crippen LogP contribution in [0, 0.1) is 0 Å². The minimum absolute atomic E-state index is 0.0505. The van der Waals surface area contributed by atoms with Crippen molar-refractivity contribution in [3.63, 3.8) is 0 Å². The number of rotatable bonds is 6. The average molecular weight is 369 g/mol. The number of ether oxygens (including phenoxy) is 1. The van der Waals surface area contributed by atoms with Gasteiger partial charge in [0.2, 0.25) is 5.91 Å². The number of anilines is 1. The van der Waals surface area contributed by atoms with Crippen molar-refractivity contribution in [2.75, 3.05) is 18.2 Å². The predicted octanol–water partition coefficient (Wildman–Crippen LogP) is 3.78. The number of hydrogen-bond acceptors (Lipinski definition) is 5. The number of carbonyl (C=O) groups excluding carboxylic acids is 2. The third-order valence-corrected chi connectivity index (χ3v) is 4.98. The van der Waals surface area contributed by atoms with Crippen LogP contribution in [0.25, 0.3) is 11.0 Å². The molecule has 3 aromatic rings. The maximum atomic E-state index is 12.2. The van der Waals surface area contributed by atoms with E-state index in [1.165, 1.54) is 18.9 Å². The molecule has 6 nitrogen and oxygen atoms in total. The highest BCUT2D eigenvalue weighted by Crippen LogP contribution is 2.27. The third-order valence-electron chi connectivity index (χ3n) is 3.82. The Morgan fingerprint density at radius 2 is 2.04 bits per heavy atom. The first kappa shape index (κ1) is 18.0. The number of para-hydroxylation sites is 2. The first-order chi connectivity index (χ1) is 12.6. The van der Waals surface area contributed by atoms with E-state index in [4.69, 9.17) is 0 Å². The Hall–Kier alpha value is -2.80. The van der Waals surface area contributed by atoms with Gasteiger partial charge in [-0.3, -0.25) is 4.79 Å². The van der Waals surface area contributed by atoms with Gasteiger partial charge in [-0.05, 0) is 37.3 Å². The summed E-state index contributed by atoms with van der Waals surface area (Å²) in [5, 5.41) is 2.85. The van der Waals surface area contributed by atoms with Crippen LogP contribution in [0.4, 0.5) is 5.69 Å². The number of hydrogen-bond donors (Lipinski definition) is 2. The molecule has 134 valence electrons. The number of amides is 1. The van der Waals surface area contributed by atoms with E-state index in [9.17, 15) is 9.59 Å². The van der Waals surface area contributed by atoms with Gasteiger partial charge in [-0.1, -0.05) is 18.2 Å². The van der Waals surface area contributed by atoms with E-state index in [1.54, 1.807) is 24.3 Å².